The molecule has 1 saturated heterocycles. The van der Waals surface area contributed by atoms with Crippen LogP contribution in [0.5, 0.6) is 5.75 Å². The average molecular weight is 470 g/mol. The van der Waals surface area contributed by atoms with Crippen molar-refractivity contribution in [1.29, 1.82) is 0 Å². The van der Waals surface area contributed by atoms with Crippen molar-refractivity contribution in [3.63, 3.8) is 0 Å². The molecule has 0 bridgehead atoms. The van der Waals surface area contributed by atoms with Crippen LogP contribution in [-0.2, 0) is 16.0 Å². The number of carbonyl (C=O) groups excluding carboxylic acids is 2. The number of aliphatic hydroxyl groups is 1. The third kappa shape index (κ3) is 4.72. The number of amides is 1. The molecule has 1 heterocycles. The molecule has 0 radical (unpaired) electrons. The van der Waals surface area contributed by atoms with Crippen molar-refractivity contribution in [3.8, 4) is 5.75 Å². The minimum Gasteiger partial charge on any atom is -0.507 e. The Labute approximate surface area is 206 Å². The standard InChI is InChI=1S/C30H31NO4/c1-5-16-35-24-9-7-8-23(18-24)31-27(22-14-12-21(6-2)13-15-22)26(29(33)30(31)34)28(32)25-17-19(3)10-11-20(25)4/h7-15,17-18,27,32H,5-6,16H2,1-4H3/b28-26+. The largest absolute Gasteiger partial charge is 0.507 e. The van der Waals surface area contributed by atoms with Crippen molar-refractivity contribution < 1.29 is 19.4 Å². The first-order valence-electron chi connectivity index (χ1n) is 12.1. The van der Waals surface area contributed by atoms with Crippen molar-refractivity contribution in [3.05, 3.63) is 100 Å². The number of hydrogen-bond donors (Lipinski definition) is 1. The zero-order valence-electron chi connectivity index (χ0n) is 20.7. The summed E-state index contributed by atoms with van der Waals surface area (Å²) >= 11 is 0. The van der Waals surface area contributed by atoms with Crippen LogP contribution in [-0.4, -0.2) is 23.4 Å². The summed E-state index contributed by atoms with van der Waals surface area (Å²) in [6.07, 6.45) is 1.73. The highest BCUT2D eigenvalue weighted by Crippen LogP contribution is 2.43. The maximum absolute atomic E-state index is 13.4. The maximum Gasteiger partial charge on any atom is 0.300 e. The predicted molar refractivity (Wildman–Crippen MR) is 139 cm³/mol. The highest BCUT2D eigenvalue weighted by Gasteiger charge is 2.47. The van der Waals surface area contributed by atoms with Gasteiger partial charge in [0, 0.05) is 17.3 Å². The van der Waals surface area contributed by atoms with Gasteiger partial charge in [-0.3, -0.25) is 14.5 Å². The van der Waals surface area contributed by atoms with Crippen LogP contribution in [0.25, 0.3) is 5.76 Å². The minimum atomic E-state index is -0.762. The number of Topliss-reactive ketones (excluding diaryl/α,β-unsaturated/α-hetero) is 1. The van der Waals surface area contributed by atoms with E-state index in [9.17, 15) is 14.7 Å². The molecule has 0 aromatic heterocycles. The average Bonchev–Trinajstić information content (AvgIpc) is 3.14. The van der Waals surface area contributed by atoms with E-state index >= 15 is 0 Å². The number of nitrogens with zero attached hydrogens (tertiary/aromatic N) is 1. The Balaban J connectivity index is 1.92. The van der Waals surface area contributed by atoms with Crippen molar-refractivity contribution >= 4 is 23.1 Å². The number of ketones is 1. The zero-order valence-corrected chi connectivity index (χ0v) is 20.7. The Bertz CT molecular complexity index is 1290. The van der Waals surface area contributed by atoms with Gasteiger partial charge in [0.1, 0.15) is 11.5 Å². The number of hydrogen-bond acceptors (Lipinski definition) is 4. The van der Waals surface area contributed by atoms with Crippen molar-refractivity contribution in [2.75, 3.05) is 11.5 Å². The van der Waals surface area contributed by atoms with Crippen LogP contribution in [0.1, 0.15) is 54.1 Å². The molecule has 0 aliphatic carbocycles. The number of benzene rings is 3. The van der Waals surface area contributed by atoms with Gasteiger partial charge in [-0.05, 0) is 61.6 Å². The van der Waals surface area contributed by atoms with E-state index in [1.165, 1.54) is 4.90 Å². The van der Waals surface area contributed by atoms with Gasteiger partial charge < -0.3 is 9.84 Å². The summed E-state index contributed by atoms with van der Waals surface area (Å²) in [5.41, 5.74) is 4.88. The number of aryl methyl sites for hydroxylation is 3. The number of ether oxygens (including phenoxy) is 1. The number of rotatable bonds is 7. The molecule has 5 nitrogen and oxygen atoms in total. The molecule has 1 atom stereocenters. The quantitative estimate of drug-likeness (QED) is 0.251. The smallest absolute Gasteiger partial charge is 0.300 e. The molecule has 0 saturated carbocycles. The molecule has 1 aliphatic heterocycles. The molecular weight excluding hydrogens is 438 g/mol. The van der Waals surface area contributed by atoms with Gasteiger partial charge in [0.15, 0.2) is 0 Å². The van der Waals surface area contributed by atoms with E-state index in [1.54, 1.807) is 12.1 Å². The molecule has 0 spiro atoms. The summed E-state index contributed by atoms with van der Waals surface area (Å²) in [7, 11) is 0. The van der Waals surface area contributed by atoms with E-state index < -0.39 is 17.7 Å². The van der Waals surface area contributed by atoms with Gasteiger partial charge >= 0.3 is 0 Å². The SMILES string of the molecule is CCCOc1cccc(N2C(=O)C(=O)/C(=C(/O)c3cc(C)ccc3C)C2c2ccc(CC)cc2)c1. The van der Waals surface area contributed by atoms with E-state index in [1.807, 2.05) is 75.4 Å². The summed E-state index contributed by atoms with van der Waals surface area (Å²) in [5, 5.41) is 11.4. The fourth-order valence-electron chi connectivity index (χ4n) is 4.43. The number of anilines is 1. The van der Waals surface area contributed by atoms with Gasteiger partial charge in [0.2, 0.25) is 0 Å². The third-order valence-corrected chi connectivity index (χ3v) is 6.36. The molecule has 180 valence electrons. The molecule has 1 N–H and O–H groups in total. The normalized spacial score (nSPS) is 17.1. The highest BCUT2D eigenvalue weighted by atomic mass is 16.5. The molecule has 1 aliphatic rings. The van der Waals surface area contributed by atoms with E-state index in [0.717, 1.165) is 35.1 Å². The summed E-state index contributed by atoms with van der Waals surface area (Å²) < 4.78 is 5.78. The number of aliphatic hydroxyl groups excluding tert-OH is 1. The van der Waals surface area contributed by atoms with Crippen LogP contribution in [0.15, 0.2) is 72.3 Å². The lowest BCUT2D eigenvalue weighted by atomic mass is 9.92. The van der Waals surface area contributed by atoms with Gasteiger partial charge in [-0.15, -0.1) is 0 Å². The first-order chi connectivity index (χ1) is 16.8. The summed E-state index contributed by atoms with van der Waals surface area (Å²) in [5.74, 6) is -0.905. The van der Waals surface area contributed by atoms with Crippen molar-refractivity contribution in [2.45, 2.75) is 46.6 Å². The van der Waals surface area contributed by atoms with Crippen LogP contribution in [0.3, 0.4) is 0 Å². The van der Waals surface area contributed by atoms with E-state index in [-0.39, 0.29) is 11.3 Å². The van der Waals surface area contributed by atoms with Crippen molar-refractivity contribution in [2.24, 2.45) is 0 Å². The minimum absolute atomic E-state index is 0.0906. The van der Waals surface area contributed by atoms with Gasteiger partial charge in [-0.1, -0.05) is 61.9 Å². The highest BCUT2D eigenvalue weighted by molar-refractivity contribution is 6.51. The van der Waals surface area contributed by atoms with Gasteiger partial charge in [0.05, 0.1) is 18.2 Å². The second-order valence-electron chi connectivity index (χ2n) is 8.93. The molecular formula is C30H31NO4. The summed E-state index contributed by atoms with van der Waals surface area (Å²) in [6.45, 7) is 8.46. The van der Waals surface area contributed by atoms with Crippen LogP contribution in [0, 0.1) is 13.8 Å². The fourth-order valence-corrected chi connectivity index (χ4v) is 4.43. The second-order valence-corrected chi connectivity index (χ2v) is 8.93. The topological polar surface area (TPSA) is 66.8 Å². The van der Waals surface area contributed by atoms with Crippen LogP contribution in [0.4, 0.5) is 5.69 Å². The Morgan fingerprint density at radius 3 is 2.40 bits per heavy atom. The van der Waals surface area contributed by atoms with Gasteiger partial charge in [-0.2, -0.15) is 0 Å². The lowest BCUT2D eigenvalue weighted by molar-refractivity contribution is -0.132. The van der Waals surface area contributed by atoms with E-state index in [2.05, 4.69) is 6.92 Å². The van der Waals surface area contributed by atoms with Gasteiger partial charge in [-0.25, -0.2) is 0 Å². The molecule has 1 amide bonds. The van der Waals surface area contributed by atoms with Crippen molar-refractivity contribution in [1.82, 2.24) is 0 Å². The monoisotopic (exact) mass is 469 g/mol. The molecule has 5 heteroatoms. The Morgan fingerprint density at radius 2 is 1.71 bits per heavy atom. The summed E-state index contributed by atoms with van der Waals surface area (Å²) in [6, 6.07) is 20.0. The molecule has 3 aromatic carbocycles. The molecule has 3 aromatic rings. The Morgan fingerprint density at radius 1 is 0.971 bits per heavy atom. The predicted octanol–water partition coefficient (Wildman–Crippen LogP) is 6.28. The molecule has 4 rings (SSSR count). The lowest BCUT2D eigenvalue weighted by Crippen LogP contribution is -2.29. The third-order valence-electron chi connectivity index (χ3n) is 6.36. The Hall–Kier alpha value is -3.86. The van der Waals surface area contributed by atoms with Crippen LogP contribution < -0.4 is 9.64 Å². The first-order valence-corrected chi connectivity index (χ1v) is 12.1. The van der Waals surface area contributed by atoms with Crippen LogP contribution in [0.2, 0.25) is 0 Å². The molecule has 1 fully saturated rings. The fraction of sp³-hybridized carbons (Fsp3) is 0.267. The first kappa shape index (κ1) is 24.3. The molecule has 35 heavy (non-hydrogen) atoms. The summed E-state index contributed by atoms with van der Waals surface area (Å²) in [4.78, 5) is 28.3. The second kappa shape index (κ2) is 10.2. The maximum atomic E-state index is 13.4. The zero-order chi connectivity index (χ0) is 25.1. The van der Waals surface area contributed by atoms with E-state index in [0.29, 0.717) is 23.6 Å². The van der Waals surface area contributed by atoms with E-state index in [4.69, 9.17) is 4.74 Å². The Kier molecular flexibility index (Phi) is 7.06. The molecule has 1 unspecified atom stereocenters. The van der Waals surface area contributed by atoms with Gasteiger partial charge in [0.25, 0.3) is 11.7 Å². The lowest BCUT2D eigenvalue weighted by Gasteiger charge is -2.26. The van der Waals surface area contributed by atoms with Crippen LogP contribution >= 0.6 is 0 Å². The number of carbonyl (C=O) groups is 2.